The van der Waals surface area contributed by atoms with E-state index >= 15 is 0 Å². The highest BCUT2D eigenvalue weighted by Gasteiger charge is 2.35. The van der Waals surface area contributed by atoms with E-state index < -0.39 is 6.43 Å². The average molecular weight is 264 g/mol. The molecular weight excluding hydrogens is 238 g/mol. The number of halogens is 2. The highest BCUT2D eigenvalue weighted by Crippen LogP contribution is 2.39. The molecule has 1 aliphatic rings. The van der Waals surface area contributed by atoms with Gasteiger partial charge in [0, 0.05) is 13.1 Å². The van der Waals surface area contributed by atoms with Gasteiger partial charge in [-0.3, -0.25) is 4.90 Å². The molecule has 18 heavy (non-hydrogen) atoms. The average Bonchev–Trinajstić information content (AvgIpc) is 2.28. The lowest BCUT2D eigenvalue weighted by molar-refractivity contribution is 0.0330. The fraction of sp³-hybridized carbons (Fsp3) is 1.00. The van der Waals surface area contributed by atoms with Crippen LogP contribution in [0.2, 0.25) is 0 Å². The van der Waals surface area contributed by atoms with Crippen LogP contribution >= 0.6 is 0 Å². The molecule has 3 nitrogen and oxygen atoms in total. The van der Waals surface area contributed by atoms with E-state index in [1.165, 1.54) is 6.42 Å². The Morgan fingerprint density at radius 1 is 1.50 bits per heavy atom. The van der Waals surface area contributed by atoms with Crippen molar-refractivity contribution in [3.8, 4) is 0 Å². The van der Waals surface area contributed by atoms with E-state index in [4.69, 9.17) is 10.8 Å². The minimum absolute atomic E-state index is 0.0400. The summed E-state index contributed by atoms with van der Waals surface area (Å²) in [6, 6.07) is 0. The molecule has 0 aliphatic heterocycles. The van der Waals surface area contributed by atoms with Crippen molar-refractivity contribution in [1.82, 2.24) is 4.90 Å². The van der Waals surface area contributed by atoms with Crippen LogP contribution in [-0.2, 0) is 0 Å². The summed E-state index contributed by atoms with van der Waals surface area (Å²) >= 11 is 0. The van der Waals surface area contributed by atoms with Gasteiger partial charge in [0.05, 0.1) is 13.2 Å². The van der Waals surface area contributed by atoms with Crippen molar-refractivity contribution in [2.45, 2.75) is 39.0 Å². The van der Waals surface area contributed by atoms with Crippen LogP contribution in [0.1, 0.15) is 32.6 Å². The molecule has 0 aromatic rings. The number of aliphatic hydroxyl groups excluding tert-OH is 1. The fourth-order valence-corrected chi connectivity index (χ4v) is 3.21. The molecule has 1 saturated carbocycles. The first-order valence-electron chi connectivity index (χ1n) is 6.83. The lowest BCUT2D eigenvalue weighted by atomic mass is 9.69. The molecule has 0 aromatic carbocycles. The quantitative estimate of drug-likeness (QED) is 0.736. The van der Waals surface area contributed by atoms with Gasteiger partial charge in [-0.1, -0.05) is 19.8 Å². The maximum absolute atomic E-state index is 12.5. The van der Waals surface area contributed by atoms with Gasteiger partial charge in [0.25, 0.3) is 6.43 Å². The third-order valence-corrected chi connectivity index (χ3v) is 3.99. The Hall–Kier alpha value is -0.260. The molecule has 0 aromatic heterocycles. The lowest BCUT2D eigenvalue weighted by Gasteiger charge is -2.42. The molecule has 2 atom stereocenters. The molecule has 1 rings (SSSR count). The summed E-state index contributed by atoms with van der Waals surface area (Å²) in [6.07, 6.45) is 2.00. The fourth-order valence-electron chi connectivity index (χ4n) is 3.21. The zero-order valence-corrected chi connectivity index (χ0v) is 11.2. The summed E-state index contributed by atoms with van der Waals surface area (Å²) in [5, 5.41) is 8.97. The van der Waals surface area contributed by atoms with Crippen LogP contribution in [0.3, 0.4) is 0 Å². The number of hydrogen-bond donors (Lipinski definition) is 2. The standard InChI is InChI=1S/C13H26F2N2O/c1-11-3-2-4-13(7-11,9-16)10-17(5-6-18)8-12(14)15/h11-12,18H,2-10,16H2,1H3. The number of alkyl halides is 2. The minimum Gasteiger partial charge on any atom is -0.395 e. The Balaban J connectivity index is 2.62. The minimum atomic E-state index is -2.35. The monoisotopic (exact) mass is 264 g/mol. The summed E-state index contributed by atoms with van der Waals surface area (Å²) < 4.78 is 25.0. The van der Waals surface area contributed by atoms with E-state index in [1.54, 1.807) is 4.90 Å². The molecule has 108 valence electrons. The molecule has 1 aliphatic carbocycles. The second kappa shape index (κ2) is 7.36. The molecule has 2 unspecified atom stereocenters. The van der Waals surface area contributed by atoms with E-state index in [9.17, 15) is 8.78 Å². The van der Waals surface area contributed by atoms with Gasteiger partial charge in [0.1, 0.15) is 0 Å². The zero-order valence-electron chi connectivity index (χ0n) is 11.2. The first-order valence-corrected chi connectivity index (χ1v) is 6.83. The van der Waals surface area contributed by atoms with Crippen molar-refractivity contribution in [3.05, 3.63) is 0 Å². The summed E-state index contributed by atoms with van der Waals surface area (Å²) in [6.45, 7) is 3.29. The van der Waals surface area contributed by atoms with Gasteiger partial charge in [-0.25, -0.2) is 8.78 Å². The van der Waals surface area contributed by atoms with Gasteiger partial charge in [0.15, 0.2) is 0 Å². The highest BCUT2D eigenvalue weighted by molar-refractivity contribution is 4.89. The normalized spacial score (nSPS) is 29.2. The third-order valence-electron chi connectivity index (χ3n) is 3.99. The molecule has 0 spiro atoms. The molecule has 0 radical (unpaired) electrons. The Morgan fingerprint density at radius 3 is 2.72 bits per heavy atom. The molecule has 5 heteroatoms. The smallest absolute Gasteiger partial charge is 0.251 e. The summed E-state index contributed by atoms with van der Waals surface area (Å²) in [4.78, 5) is 1.66. The van der Waals surface area contributed by atoms with Gasteiger partial charge < -0.3 is 10.8 Å². The van der Waals surface area contributed by atoms with Gasteiger partial charge in [-0.2, -0.15) is 0 Å². The predicted molar refractivity (Wildman–Crippen MR) is 68.6 cm³/mol. The maximum Gasteiger partial charge on any atom is 0.251 e. The number of rotatable bonds is 7. The van der Waals surface area contributed by atoms with Gasteiger partial charge in [-0.15, -0.1) is 0 Å². The van der Waals surface area contributed by atoms with Gasteiger partial charge in [0.2, 0.25) is 0 Å². The van der Waals surface area contributed by atoms with Crippen LogP contribution in [0, 0.1) is 11.3 Å². The molecule has 0 heterocycles. The Morgan fingerprint density at radius 2 is 2.22 bits per heavy atom. The highest BCUT2D eigenvalue weighted by atomic mass is 19.3. The molecule has 1 fully saturated rings. The predicted octanol–water partition coefficient (Wildman–Crippen LogP) is 1.70. The third kappa shape index (κ3) is 4.78. The van der Waals surface area contributed by atoms with Crippen LogP contribution in [0.5, 0.6) is 0 Å². The van der Waals surface area contributed by atoms with Crippen LogP contribution in [0.15, 0.2) is 0 Å². The van der Waals surface area contributed by atoms with Crippen LogP contribution in [-0.4, -0.2) is 49.2 Å². The Bertz CT molecular complexity index is 241. The topological polar surface area (TPSA) is 49.5 Å². The summed E-state index contributed by atoms with van der Waals surface area (Å²) in [7, 11) is 0. The Kier molecular flexibility index (Phi) is 6.46. The number of nitrogens with two attached hydrogens (primary N) is 1. The summed E-state index contributed by atoms with van der Waals surface area (Å²) in [5.41, 5.74) is 5.86. The van der Waals surface area contributed by atoms with Crippen LogP contribution in [0.25, 0.3) is 0 Å². The second-order valence-corrected chi connectivity index (χ2v) is 5.76. The largest absolute Gasteiger partial charge is 0.395 e. The van der Waals surface area contributed by atoms with E-state index in [1.807, 2.05) is 0 Å². The van der Waals surface area contributed by atoms with Crippen LogP contribution < -0.4 is 5.73 Å². The number of hydrogen-bond acceptors (Lipinski definition) is 3. The second-order valence-electron chi connectivity index (χ2n) is 5.76. The van der Waals surface area contributed by atoms with E-state index in [0.717, 1.165) is 19.3 Å². The molecular formula is C13H26F2N2O. The molecule has 0 amide bonds. The number of aliphatic hydroxyl groups is 1. The van der Waals surface area contributed by atoms with Crippen molar-refractivity contribution in [3.63, 3.8) is 0 Å². The van der Waals surface area contributed by atoms with Gasteiger partial charge in [-0.05, 0) is 30.7 Å². The van der Waals surface area contributed by atoms with E-state index in [2.05, 4.69) is 6.92 Å². The van der Waals surface area contributed by atoms with Crippen molar-refractivity contribution in [1.29, 1.82) is 0 Å². The maximum atomic E-state index is 12.5. The van der Waals surface area contributed by atoms with E-state index in [0.29, 0.717) is 25.6 Å². The van der Waals surface area contributed by atoms with Crippen molar-refractivity contribution >= 4 is 0 Å². The van der Waals surface area contributed by atoms with Crippen molar-refractivity contribution in [2.24, 2.45) is 17.1 Å². The first kappa shape index (κ1) is 15.8. The van der Waals surface area contributed by atoms with Crippen molar-refractivity contribution < 1.29 is 13.9 Å². The SMILES string of the molecule is CC1CCCC(CN)(CN(CCO)CC(F)F)C1. The van der Waals surface area contributed by atoms with Gasteiger partial charge >= 0.3 is 0 Å². The molecule has 0 bridgehead atoms. The first-order chi connectivity index (χ1) is 8.51. The van der Waals surface area contributed by atoms with Crippen LogP contribution in [0.4, 0.5) is 8.78 Å². The van der Waals surface area contributed by atoms with E-state index in [-0.39, 0.29) is 18.6 Å². The zero-order chi connectivity index (χ0) is 13.6. The lowest BCUT2D eigenvalue weighted by Crippen LogP contribution is -2.47. The van der Waals surface area contributed by atoms with Crippen molar-refractivity contribution in [2.75, 3.05) is 32.8 Å². The Labute approximate surface area is 108 Å². The summed E-state index contributed by atoms with van der Waals surface area (Å²) in [5.74, 6) is 0.616. The molecule has 0 saturated heterocycles. The molecule has 3 N–H and O–H groups in total. The number of nitrogens with zero attached hydrogens (tertiary/aromatic N) is 1.